The number of benzene rings is 1. The van der Waals surface area contributed by atoms with Crippen molar-refractivity contribution in [2.24, 2.45) is 17.6 Å². The summed E-state index contributed by atoms with van der Waals surface area (Å²) in [5.41, 5.74) is 7.49. The van der Waals surface area contributed by atoms with Crippen molar-refractivity contribution < 1.29 is 0 Å². The molecule has 1 heterocycles. The van der Waals surface area contributed by atoms with Gasteiger partial charge in [-0.3, -0.25) is 4.90 Å². The van der Waals surface area contributed by atoms with E-state index in [1.807, 2.05) is 0 Å². The SMILES string of the molecule is CC(CC(CN)N1CCC(C(C)C)C1)c1ccccc1. The van der Waals surface area contributed by atoms with Crippen LogP contribution < -0.4 is 5.73 Å². The molecule has 0 saturated carbocycles. The molecule has 20 heavy (non-hydrogen) atoms. The average Bonchev–Trinajstić information content (AvgIpc) is 2.95. The number of likely N-dealkylation sites (tertiary alicyclic amines) is 1. The average molecular weight is 274 g/mol. The molecule has 2 N–H and O–H groups in total. The maximum absolute atomic E-state index is 6.06. The van der Waals surface area contributed by atoms with E-state index in [0.29, 0.717) is 12.0 Å². The maximum Gasteiger partial charge on any atom is 0.0224 e. The van der Waals surface area contributed by atoms with Crippen molar-refractivity contribution in [3.05, 3.63) is 35.9 Å². The Morgan fingerprint density at radius 3 is 2.45 bits per heavy atom. The van der Waals surface area contributed by atoms with Gasteiger partial charge >= 0.3 is 0 Å². The van der Waals surface area contributed by atoms with E-state index >= 15 is 0 Å². The van der Waals surface area contributed by atoms with Crippen molar-refractivity contribution in [1.29, 1.82) is 0 Å². The quantitative estimate of drug-likeness (QED) is 0.860. The van der Waals surface area contributed by atoms with Gasteiger partial charge in [-0.25, -0.2) is 0 Å². The number of rotatable bonds is 6. The van der Waals surface area contributed by atoms with Gasteiger partial charge in [-0.15, -0.1) is 0 Å². The Morgan fingerprint density at radius 1 is 1.20 bits per heavy atom. The Balaban J connectivity index is 1.93. The lowest BCUT2D eigenvalue weighted by Crippen LogP contribution is -2.40. The first-order chi connectivity index (χ1) is 9.61. The van der Waals surface area contributed by atoms with Gasteiger partial charge in [0, 0.05) is 19.1 Å². The second-order valence-corrected chi connectivity index (χ2v) is 6.72. The summed E-state index contributed by atoms with van der Waals surface area (Å²) >= 11 is 0. The van der Waals surface area contributed by atoms with E-state index in [9.17, 15) is 0 Å². The summed E-state index contributed by atoms with van der Waals surface area (Å²) in [4.78, 5) is 2.63. The molecule has 0 spiro atoms. The minimum atomic E-state index is 0.536. The maximum atomic E-state index is 6.06. The van der Waals surface area contributed by atoms with Crippen LogP contribution in [0, 0.1) is 11.8 Å². The number of hydrogen-bond donors (Lipinski definition) is 1. The molecule has 1 saturated heterocycles. The van der Waals surface area contributed by atoms with Crippen LogP contribution in [0.15, 0.2) is 30.3 Å². The molecular formula is C18H30N2. The molecule has 1 aromatic rings. The standard InChI is InChI=1S/C18H30N2/c1-14(2)17-9-10-20(13-17)18(12-19)11-15(3)16-7-5-4-6-8-16/h4-8,14-15,17-18H,9-13,19H2,1-3H3. The van der Waals surface area contributed by atoms with Crippen LogP contribution in [0.3, 0.4) is 0 Å². The fourth-order valence-corrected chi connectivity index (χ4v) is 3.41. The first-order valence-corrected chi connectivity index (χ1v) is 8.10. The summed E-state index contributed by atoms with van der Waals surface area (Å²) in [6.07, 6.45) is 2.51. The highest BCUT2D eigenvalue weighted by Crippen LogP contribution is 2.28. The molecule has 3 atom stereocenters. The van der Waals surface area contributed by atoms with Crippen LogP contribution in [0.25, 0.3) is 0 Å². The molecule has 1 fully saturated rings. The summed E-state index contributed by atoms with van der Waals surface area (Å²) in [5.74, 6) is 2.24. The summed E-state index contributed by atoms with van der Waals surface area (Å²) in [5, 5.41) is 0. The Hall–Kier alpha value is -0.860. The number of nitrogens with two attached hydrogens (primary N) is 1. The highest BCUT2D eigenvalue weighted by Gasteiger charge is 2.29. The molecule has 1 aliphatic rings. The third-order valence-corrected chi connectivity index (χ3v) is 4.98. The monoisotopic (exact) mass is 274 g/mol. The van der Waals surface area contributed by atoms with Gasteiger partial charge < -0.3 is 5.73 Å². The van der Waals surface area contributed by atoms with Crippen LogP contribution in [0.4, 0.5) is 0 Å². The fraction of sp³-hybridized carbons (Fsp3) is 0.667. The topological polar surface area (TPSA) is 29.3 Å². The minimum Gasteiger partial charge on any atom is -0.329 e. The third-order valence-electron chi connectivity index (χ3n) is 4.98. The minimum absolute atomic E-state index is 0.536. The second-order valence-electron chi connectivity index (χ2n) is 6.72. The van der Waals surface area contributed by atoms with Crippen LogP contribution in [0.1, 0.15) is 45.1 Å². The number of hydrogen-bond acceptors (Lipinski definition) is 2. The van der Waals surface area contributed by atoms with Gasteiger partial charge in [0.05, 0.1) is 0 Å². The molecule has 2 heteroatoms. The van der Waals surface area contributed by atoms with Crippen molar-refractivity contribution in [3.8, 4) is 0 Å². The first-order valence-electron chi connectivity index (χ1n) is 8.10. The molecule has 0 aromatic heterocycles. The van der Waals surface area contributed by atoms with Gasteiger partial charge in [-0.05, 0) is 42.7 Å². The van der Waals surface area contributed by atoms with Gasteiger partial charge in [0.1, 0.15) is 0 Å². The van der Waals surface area contributed by atoms with E-state index in [1.165, 1.54) is 31.5 Å². The lowest BCUT2D eigenvalue weighted by molar-refractivity contribution is 0.212. The van der Waals surface area contributed by atoms with Crippen LogP contribution in [0.2, 0.25) is 0 Å². The highest BCUT2D eigenvalue weighted by atomic mass is 15.2. The van der Waals surface area contributed by atoms with Crippen molar-refractivity contribution in [2.45, 2.75) is 45.6 Å². The molecule has 0 amide bonds. The Kier molecular flexibility index (Phi) is 5.62. The zero-order valence-corrected chi connectivity index (χ0v) is 13.3. The molecule has 0 aliphatic carbocycles. The molecule has 2 rings (SSSR count). The largest absolute Gasteiger partial charge is 0.329 e. The van der Waals surface area contributed by atoms with Crippen LogP contribution in [-0.2, 0) is 0 Å². The predicted octanol–water partition coefficient (Wildman–Crippen LogP) is 3.49. The van der Waals surface area contributed by atoms with Crippen molar-refractivity contribution in [2.75, 3.05) is 19.6 Å². The summed E-state index contributed by atoms with van der Waals surface area (Å²) in [6, 6.07) is 11.4. The zero-order chi connectivity index (χ0) is 14.5. The van der Waals surface area contributed by atoms with Gasteiger partial charge in [0.2, 0.25) is 0 Å². The van der Waals surface area contributed by atoms with E-state index in [2.05, 4.69) is 56.0 Å². The van der Waals surface area contributed by atoms with Gasteiger partial charge in [-0.1, -0.05) is 51.1 Å². The zero-order valence-electron chi connectivity index (χ0n) is 13.3. The second kappa shape index (κ2) is 7.24. The molecule has 2 nitrogen and oxygen atoms in total. The Morgan fingerprint density at radius 2 is 1.90 bits per heavy atom. The lowest BCUT2D eigenvalue weighted by Gasteiger charge is -2.29. The third kappa shape index (κ3) is 3.83. The van der Waals surface area contributed by atoms with E-state index < -0.39 is 0 Å². The van der Waals surface area contributed by atoms with E-state index in [-0.39, 0.29) is 0 Å². The van der Waals surface area contributed by atoms with Crippen molar-refractivity contribution in [1.82, 2.24) is 4.90 Å². The van der Waals surface area contributed by atoms with Crippen LogP contribution >= 0.6 is 0 Å². The van der Waals surface area contributed by atoms with Crippen LogP contribution in [-0.4, -0.2) is 30.6 Å². The van der Waals surface area contributed by atoms with Gasteiger partial charge in [-0.2, -0.15) is 0 Å². The van der Waals surface area contributed by atoms with Gasteiger partial charge in [0.25, 0.3) is 0 Å². The summed E-state index contributed by atoms with van der Waals surface area (Å²) in [7, 11) is 0. The Labute approximate surface area is 124 Å². The van der Waals surface area contributed by atoms with E-state index in [4.69, 9.17) is 5.73 Å². The molecular weight excluding hydrogens is 244 g/mol. The molecule has 0 radical (unpaired) electrons. The smallest absolute Gasteiger partial charge is 0.0224 e. The lowest BCUT2D eigenvalue weighted by atomic mass is 9.93. The fourth-order valence-electron chi connectivity index (χ4n) is 3.41. The highest BCUT2D eigenvalue weighted by molar-refractivity contribution is 5.19. The van der Waals surface area contributed by atoms with E-state index in [0.717, 1.165) is 18.4 Å². The van der Waals surface area contributed by atoms with E-state index in [1.54, 1.807) is 0 Å². The normalized spacial score (nSPS) is 23.1. The molecule has 3 unspecified atom stereocenters. The Bertz CT molecular complexity index is 388. The molecule has 1 aromatic carbocycles. The molecule has 1 aliphatic heterocycles. The summed E-state index contributed by atoms with van der Waals surface area (Å²) in [6.45, 7) is 10.3. The predicted molar refractivity (Wildman–Crippen MR) is 86.8 cm³/mol. The van der Waals surface area contributed by atoms with Gasteiger partial charge in [0.15, 0.2) is 0 Å². The number of nitrogens with zero attached hydrogens (tertiary/aromatic N) is 1. The first kappa shape index (κ1) is 15.5. The van der Waals surface area contributed by atoms with Crippen molar-refractivity contribution in [3.63, 3.8) is 0 Å². The summed E-state index contributed by atoms with van der Waals surface area (Å²) < 4.78 is 0. The van der Waals surface area contributed by atoms with Crippen LogP contribution in [0.5, 0.6) is 0 Å². The molecule has 112 valence electrons. The van der Waals surface area contributed by atoms with Crippen molar-refractivity contribution >= 4 is 0 Å². The molecule has 0 bridgehead atoms.